The van der Waals surface area contributed by atoms with Gasteiger partial charge in [-0.15, -0.1) is 0 Å². The predicted molar refractivity (Wildman–Crippen MR) is 103 cm³/mol. The van der Waals surface area contributed by atoms with Crippen LogP contribution in [0.3, 0.4) is 0 Å². The third-order valence-corrected chi connectivity index (χ3v) is 4.43. The number of aromatic nitrogens is 3. The molecule has 0 saturated carbocycles. The Bertz CT molecular complexity index is 1190. The van der Waals surface area contributed by atoms with E-state index >= 15 is 0 Å². The van der Waals surface area contributed by atoms with Crippen LogP contribution in [-0.4, -0.2) is 20.5 Å². The summed E-state index contributed by atoms with van der Waals surface area (Å²) >= 11 is 5.82. The second-order valence-corrected chi connectivity index (χ2v) is 6.58. The van der Waals surface area contributed by atoms with Crippen LogP contribution < -0.4 is 5.32 Å². The average molecular weight is 417 g/mol. The maximum atomic E-state index is 13.6. The number of halogens is 4. The number of anilines is 1. The van der Waals surface area contributed by atoms with E-state index in [4.69, 9.17) is 11.6 Å². The first-order chi connectivity index (χ1) is 13.8. The largest absolute Gasteiger partial charge is 0.433 e. The first-order valence-electron chi connectivity index (χ1n) is 8.41. The van der Waals surface area contributed by atoms with Gasteiger partial charge in [0, 0.05) is 16.3 Å². The number of carbonyl (C=O) groups is 1. The number of amides is 1. The summed E-state index contributed by atoms with van der Waals surface area (Å²) in [5.41, 5.74) is -0.272. The van der Waals surface area contributed by atoms with Crippen molar-refractivity contribution < 1.29 is 18.0 Å². The van der Waals surface area contributed by atoms with Crippen LogP contribution in [0.2, 0.25) is 5.02 Å². The molecular formula is C20H12ClF3N4O. The van der Waals surface area contributed by atoms with Gasteiger partial charge in [-0.2, -0.15) is 18.3 Å². The van der Waals surface area contributed by atoms with Crippen LogP contribution in [-0.2, 0) is 6.18 Å². The summed E-state index contributed by atoms with van der Waals surface area (Å²) in [6, 6.07) is 15.7. The molecule has 146 valence electrons. The summed E-state index contributed by atoms with van der Waals surface area (Å²) in [6.07, 6.45) is -3.61. The summed E-state index contributed by atoms with van der Waals surface area (Å²) in [5, 5.41) is 6.85. The molecule has 1 N–H and O–H groups in total. The molecule has 0 bridgehead atoms. The van der Waals surface area contributed by atoms with Crippen molar-refractivity contribution in [3.05, 3.63) is 83.1 Å². The van der Waals surface area contributed by atoms with Crippen LogP contribution in [0, 0.1) is 0 Å². The van der Waals surface area contributed by atoms with Crippen molar-refractivity contribution in [2.24, 2.45) is 0 Å². The second kappa shape index (κ2) is 7.21. The van der Waals surface area contributed by atoms with Gasteiger partial charge in [0.05, 0.1) is 11.9 Å². The molecular weight excluding hydrogens is 405 g/mol. The molecule has 0 aliphatic rings. The number of nitrogens with zero attached hydrogens (tertiary/aromatic N) is 3. The van der Waals surface area contributed by atoms with Crippen molar-refractivity contribution in [2.75, 3.05) is 5.32 Å². The molecule has 2 aromatic carbocycles. The van der Waals surface area contributed by atoms with Gasteiger partial charge in [0.15, 0.2) is 11.3 Å². The molecule has 2 heterocycles. The minimum absolute atomic E-state index is 0.0803. The van der Waals surface area contributed by atoms with E-state index in [1.165, 1.54) is 0 Å². The predicted octanol–water partition coefficient (Wildman–Crippen LogP) is 5.32. The second-order valence-electron chi connectivity index (χ2n) is 6.15. The number of fused-ring (bicyclic) bond motifs is 1. The highest BCUT2D eigenvalue weighted by Gasteiger charge is 2.36. The van der Waals surface area contributed by atoms with Gasteiger partial charge in [-0.05, 0) is 30.3 Å². The minimum Gasteiger partial charge on any atom is -0.322 e. The number of hydrogen-bond donors (Lipinski definition) is 1. The van der Waals surface area contributed by atoms with E-state index in [1.54, 1.807) is 54.6 Å². The van der Waals surface area contributed by atoms with E-state index in [9.17, 15) is 18.0 Å². The Morgan fingerprint density at radius 3 is 2.38 bits per heavy atom. The monoisotopic (exact) mass is 416 g/mol. The van der Waals surface area contributed by atoms with Crippen molar-refractivity contribution in [1.29, 1.82) is 0 Å². The molecule has 0 radical (unpaired) electrons. The summed E-state index contributed by atoms with van der Waals surface area (Å²) in [4.78, 5) is 16.9. The molecule has 1 amide bonds. The molecule has 0 saturated heterocycles. The molecule has 9 heteroatoms. The van der Waals surface area contributed by atoms with E-state index in [-0.39, 0.29) is 16.9 Å². The Morgan fingerprint density at radius 2 is 1.72 bits per heavy atom. The molecule has 0 aliphatic carbocycles. The fourth-order valence-corrected chi connectivity index (χ4v) is 2.94. The van der Waals surface area contributed by atoms with Gasteiger partial charge in [0.1, 0.15) is 5.56 Å². The Labute approximate surface area is 167 Å². The zero-order valence-electron chi connectivity index (χ0n) is 14.6. The van der Waals surface area contributed by atoms with E-state index in [0.29, 0.717) is 20.8 Å². The number of alkyl halides is 3. The maximum absolute atomic E-state index is 13.6. The highest BCUT2D eigenvalue weighted by atomic mass is 35.5. The quantitative estimate of drug-likeness (QED) is 0.491. The molecule has 4 aromatic rings. The lowest BCUT2D eigenvalue weighted by molar-refractivity contribution is -0.142. The fourth-order valence-electron chi connectivity index (χ4n) is 2.81. The van der Waals surface area contributed by atoms with Crippen LogP contribution in [0.15, 0.2) is 66.9 Å². The Hall–Kier alpha value is -3.39. The molecule has 0 atom stereocenters. The van der Waals surface area contributed by atoms with Crippen LogP contribution in [0.25, 0.3) is 16.9 Å². The van der Waals surface area contributed by atoms with E-state index in [1.807, 2.05) is 0 Å². The number of benzene rings is 2. The zero-order valence-corrected chi connectivity index (χ0v) is 15.4. The van der Waals surface area contributed by atoms with Gasteiger partial charge in [0.25, 0.3) is 5.91 Å². The molecule has 4 rings (SSSR count). The first-order valence-corrected chi connectivity index (χ1v) is 8.79. The molecule has 29 heavy (non-hydrogen) atoms. The molecule has 5 nitrogen and oxygen atoms in total. The first kappa shape index (κ1) is 18.9. The van der Waals surface area contributed by atoms with Crippen molar-refractivity contribution in [3.63, 3.8) is 0 Å². The minimum atomic E-state index is -4.68. The van der Waals surface area contributed by atoms with Gasteiger partial charge >= 0.3 is 6.18 Å². The molecule has 0 fully saturated rings. The van der Waals surface area contributed by atoms with E-state index < -0.39 is 17.8 Å². The van der Waals surface area contributed by atoms with Crippen molar-refractivity contribution >= 4 is 28.8 Å². The van der Waals surface area contributed by atoms with Crippen LogP contribution in [0.1, 0.15) is 16.1 Å². The number of rotatable bonds is 3. The Kier molecular flexibility index (Phi) is 4.71. The molecule has 2 aromatic heterocycles. The average Bonchev–Trinajstić information content (AvgIpc) is 3.13. The Balaban J connectivity index is 1.83. The summed E-state index contributed by atoms with van der Waals surface area (Å²) in [5.74, 6) is -0.631. The maximum Gasteiger partial charge on any atom is 0.433 e. The lowest BCUT2D eigenvalue weighted by atomic mass is 10.1. The summed E-state index contributed by atoms with van der Waals surface area (Å²) in [6.45, 7) is 0. The third-order valence-electron chi connectivity index (χ3n) is 4.18. The summed E-state index contributed by atoms with van der Waals surface area (Å²) in [7, 11) is 0. The lowest BCUT2D eigenvalue weighted by Gasteiger charge is -2.11. The van der Waals surface area contributed by atoms with Gasteiger partial charge in [-0.25, -0.2) is 9.50 Å². The van der Waals surface area contributed by atoms with Gasteiger partial charge in [-0.1, -0.05) is 41.9 Å². The highest BCUT2D eigenvalue weighted by Crippen LogP contribution is 2.32. The van der Waals surface area contributed by atoms with Crippen LogP contribution >= 0.6 is 11.6 Å². The fraction of sp³-hybridized carbons (Fsp3) is 0.0500. The summed E-state index contributed by atoms with van der Waals surface area (Å²) < 4.78 is 41.4. The standard InChI is InChI=1S/C20H12ClF3N4O/c21-13-6-8-14(9-7-13)26-19(29)15-11-25-28-17(20(22,23)24)10-16(27-18(15)28)12-4-2-1-3-5-12/h1-11H,(H,26,29). The number of hydrogen-bond acceptors (Lipinski definition) is 3. The van der Waals surface area contributed by atoms with E-state index in [0.717, 1.165) is 12.3 Å². The van der Waals surface area contributed by atoms with Crippen LogP contribution in [0.5, 0.6) is 0 Å². The lowest BCUT2D eigenvalue weighted by Crippen LogP contribution is -2.15. The molecule has 0 aliphatic heterocycles. The smallest absolute Gasteiger partial charge is 0.322 e. The highest BCUT2D eigenvalue weighted by molar-refractivity contribution is 6.30. The van der Waals surface area contributed by atoms with Gasteiger partial charge < -0.3 is 5.32 Å². The number of carbonyl (C=O) groups excluding carboxylic acids is 1. The SMILES string of the molecule is O=C(Nc1ccc(Cl)cc1)c1cnn2c(C(F)(F)F)cc(-c3ccccc3)nc12. The van der Waals surface area contributed by atoms with Crippen LogP contribution in [0.4, 0.5) is 18.9 Å². The molecule has 0 spiro atoms. The third kappa shape index (κ3) is 3.79. The molecule has 0 unspecified atom stereocenters. The van der Waals surface area contributed by atoms with Crippen molar-refractivity contribution in [3.8, 4) is 11.3 Å². The van der Waals surface area contributed by atoms with Crippen molar-refractivity contribution in [2.45, 2.75) is 6.18 Å². The van der Waals surface area contributed by atoms with Gasteiger partial charge in [-0.3, -0.25) is 4.79 Å². The topological polar surface area (TPSA) is 59.3 Å². The van der Waals surface area contributed by atoms with E-state index in [2.05, 4.69) is 15.4 Å². The Morgan fingerprint density at radius 1 is 1.03 bits per heavy atom. The van der Waals surface area contributed by atoms with Crippen molar-refractivity contribution in [1.82, 2.24) is 14.6 Å². The number of nitrogens with one attached hydrogen (secondary N) is 1. The van der Waals surface area contributed by atoms with Gasteiger partial charge in [0.2, 0.25) is 0 Å². The normalized spacial score (nSPS) is 11.6. The zero-order chi connectivity index (χ0) is 20.6.